The molecule has 4 aromatic heterocycles. The summed E-state index contributed by atoms with van der Waals surface area (Å²) in [5.74, 6) is 0. The number of H-pyrrole nitrogens is 1. The molecule has 0 spiro atoms. The van der Waals surface area contributed by atoms with E-state index in [0.717, 1.165) is 50.4 Å². The van der Waals surface area contributed by atoms with Crippen molar-refractivity contribution in [1.29, 1.82) is 0 Å². The fourth-order valence-electron chi connectivity index (χ4n) is 3.65. The Labute approximate surface area is 174 Å². The molecule has 4 heterocycles. The minimum Gasteiger partial charge on any atom is -0.399 e. The molecule has 0 aliphatic rings. The Balaban J connectivity index is 1.72. The van der Waals surface area contributed by atoms with E-state index in [2.05, 4.69) is 41.1 Å². The summed E-state index contributed by atoms with van der Waals surface area (Å²) in [4.78, 5) is 12.2. The highest BCUT2D eigenvalue weighted by Gasteiger charge is 2.18. The highest BCUT2D eigenvalue weighted by atomic mass is 15.3. The average molecular weight is 394 g/mol. The Morgan fingerprint density at radius 2 is 1.80 bits per heavy atom. The van der Waals surface area contributed by atoms with Crippen molar-refractivity contribution in [1.82, 2.24) is 24.7 Å². The molecule has 5 rings (SSSR count). The summed E-state index contributed by atoms with van der Waals surface area (Å²) in [5, 5.41) is 5.95. The van der Waals surface area contributed by atoms with Gasteiger partial charge in [-0.2, -0.15) is 5.10 Å². The number of nitrogens with two attached hydrogens (primary N) is 1. The van der Waals surface area contributed by atoms with Crippen molar-refractivity contribution in [3.05, 3.63) is 73.3 Å². The molecule has 0 atom stereocenters. The molecule has 148 valence electrons. The van der Waals surface area contributed by atoms with Crippen molar-refractivity contribution in [3.8, 4) is 33.6 Å². The smallest absolute Gasteiger partial charge is 0.138 e. The number of nitrogens with one attached hydrogen (secondary N) is 1. The van der Waals surface area contributed by atoms with Crippen molar-refractivity contribution in [2.45, 2.75) is 19.9 Å². The molecule has 0 fully saturated rings. The second kappa shape index (κ2) is 7.15. The van der Waals surface area contributed by atoms with Crippen molar-refractivity contribution in [2.24, 2.45) is 0 Å². The summed E-state index contributed by atoms with van der Waals surface area (Å²) in [7, 11) is 0. The van der Waals surface area contributed by atoms with Gasteiger partial charge in [0.15, 0.2) is 0 Å². The van der Waals surface area contributed by atoms with Gasteiger partial charge in [0.1, 0.15) is 11.3 Å². The largest absolute Gasteiger partial charge is 0.399 e. The number of pyridine rings is 2. The Bertz CT molecular complexity index is 1310. The molecular weight excluding hydrogens is 372 g/mol. The number of fused-ring (bicyclic) bond motifs is 1. The first-order valence-corrected chi connectivity index (χ1v) is 9.94. The minimum atomic E-state index is 0.251. The average Bonchev–Trinajstić information content (AvgIpc) is 3.40. The van der Waals surface area contributed by atoms with Gasteiger partial charge in [0.2, 0.25) is 0 Å². The van der Waals surface area contributed by atoms with E-state index < -0.39 is 0 Å². The Hall–Kier alpha value is -3.93. The molecule has 0 bridgehead atoms. The second-order valence-electron chi connectivity index (χ2n) is 7.63. The molecule has 5 aromatic rings. The predicted octanol–water partition coefficient (Wildman–Crippen LogP) is 5.32. The molecular formula is C24H22N6. The topological polar surface area (TPSA) is 85.4 Å². The summed E-state index contributed by atoms with van der Waals surface area (Å²) in [6, 6.07) is 16.2. The normalized spacial score (nSPS) is 11.4. The van der Waals surface area contributed by atoms with Gasteiger partial charge in [-0.15, -0.1) is 0 Å². The third kappa shape index (κ3) is 3.12. The van der Waals surface area contributed by atoms with E-state index in [4.69, 9.17) is 10.8 Å². The lowest BCUT2D eigenvalue weighted by atomic mass is 10.00. The van der Waals surface area contributed by atoms with Crippen LogP contribution in [0.1, 0.15) is 19.9 Å². The molecule has 30 heavy (non-hydrogen) atoms. The van der Waals surface area contributed by atoms with Crippen LogP contribution in [0.2, 0.25) is 0 Å². The van der Waals surface area contributed by atoms with Gasteiger partial charge in [-0.3, -0.25) is 9.67 Å². The van der Waals surface area contributed by atoms with Gasteiger partial charge in [0.05, 0.1) is 0 Å². The van der Waals surface area contributed by atoms with Crippen molar-refractivity contribution < 1.29 is 0 Å². The highest BCUT2D eigenvalue weighted by Crippen LogP contribution is 2.37. The van der Waals surface area contributed by atoms with E-state index >= 15 is 0 Å². The van der Waals surface area contributed by atoms with Gasteiger partial charge in [-0.25, -0.2) is 4.98 Å². The van der Waals surface area contributed by atoms with Crippen LogP contribution in [-0.4, -0.2) is 24.7 Å². The van der Waals surface area contributed by atoms with Gasteiger partial charge in [-0.05, 0) is 55.8 Å². The number of hydrogen-bond acceptors (Lipinski definition) is 4. The molecule has 0 amide bonds. The predicted molar refractivity (Wildman–Crippen MR) is 121 cm³/mol. The van der Waals surface area contributed by atoms with Crippen molar-refractivity contribution in [3.63, 3.8) is 0 Å². The SMILES string of the molecule is CC(C)n1cc(-c2ccnc3[nH]c(-c4cccnc4)cc23)c(-c2ccc(N)cc2)n1. The van der Waals surface area contributed by atoms with Crippen molar-refractivity contribution >= 4 is 16.7 Å². The molecule has 1 aromatic carbocycles. The number of nitrogens with zero attached hydrogens (tertiary/aromatic N) is 4. The summed E-state index contributed by atoms with van der Waals surface area (Å²) in [6.45, 7) is 4.25. The monoisotopic (exact) mass is 394 g/mol. The number of hydrogen-bond donors (Lipinski definition) is 2. The van der Waals surface area contributed by atoms with Crippen LogP contribution in [0.5, 0.6) is 0 Å². The van der Waals surface area contributed by atoms with E-state index in [0.29, 0.717) is 0 Å². The molecule has 0 unspecified atom stereocenters. The lowest BCUT2D eigenvalue weighted by molar-refractivity contribution is 0.534. The first-order valence-electron chi connectivity index (χ1n) is 9.94. The zero-order valence-electron chi connectivity index (χ0n) is 16.9. The first kappa shape index (κ1) is 18.1. The second-order valence-corrected chi connectivity index (χ2v) is 7.63. The van der Waals surface area contributed by atoms with Gasteiger partial charge < -0.3 is 10.7 Å². The van der Waals surface area contributed by atoms with Gasteiger partial charge in [0, 0.05) is 64.3 Å². The maximum atomic E-state index is 5.90. The molecule has 6 heteroatoms. The number of benzene rings is 1. The fourth-order valence-corrected chi connectivity index (χ4v) is 3.65. The zero-order valence-corrected chi connectivity index (χ0v) is 16.9. The minimum absolute atomic E-state index is 0.251. The number of anilines is 1. The van der Waals surface area contributed by atoms with Crippen LogP contribution in [0.25, 0.3) is 44.7 Å². The van der Waals surface area contributed by atoms with Gasteiger partial charge >= 0.3 is 0 Å². The van der Waals surface area contributed by atoms with Crippen LogP contribution >= 0.6 is 0 Å². The number of aromatic amines is 1. The molecule has 0 aliphatic heterocycles. The number of nitrogen functional groups attached to an aromatic ring is 1. The molecule has 0 aliphatic carbocycles. The Morgan fingerprint density at radius 1 is 0.967 bits per heavy atom. The zero-order chi connectivity index (χ0) is 20.7. The molecule has 6 nitrogen and oxygen atoms in total. The Kier molecular flexibility index (Phi) is 4.32. The van der Waals surface area contributed by atoms with E-state index in [1.807, 2.05) is 59.5 Å². The van der Waals surface area contributed by atoms with E-state index in [1.54, 1.807) is 6.20 Å². The maximum absolute atomic E-state index is 5.90. The third-order valence-corrected chi connectivity index (χ3v) is 5.24. The van der Waals surface area contributed by atoms with Crippen LogP contribution in [0.4, 0.5) is 5.69 Å². The summed E-state index contributed by atoms with van der Waals surface area (Å²) >= 11 is 0. The van der Waals surface area contributed by atoms with E-state index in [1.165, 1.54) is 0 Å². The quantitative estimate of drug-likeness (QED) is 0.404. The summed E-state index contributed by atoms with van der Waals surface area (Å²) in [5.41, 5.74) is 13.6. The van der Waals surface area contributed by atoms with Gasteiger partial charge in [-0.1, -0.05) is 12.1 Å². The van der Waals surface area contributed by atoms with Crippen LogP contribution in [-0.2, 0) is 0 Å². The van der Waals surface area contributed by atoms with E-state index in [9.17, 15) is 0 Å². The standard InChI is InChI=1S/C24H22N6/c1-15(2)30-14-21(23(29-30)16-5-7-18(25)8-6-16)19-9-11-27-24-20(19)12-22(28-24)17-4-3-10-26-13-17/h3-15H,25H2,1-2H3,(H,27,28). The fraction of sp³-hybridized carbons (Fsp3) is 0.125. The summed E-state index contributed by atoms with van der Waals surface area (Å²) < 4.78 is 2.00. The number of rotatable bonds is 4. The van der Waals surface area contributed by atoms with Crippen LogP contribution < -0.4 is 5.73 Å². The number of aromatic nitrogens is 5. The van der Waals surface area contributed by atoms with Crippen molar-refractivity contribution in [2.75, 3.05) is 5.73 Å². The molecule has 0 saturated carbocycles. The lowest BCUT2D eigenvalue weighted by Crippen LogP contribution is -2.00. The molecule has 3 N–H and O–H groups in total. The third-order valence-electron chi connectivity index (χ3n) is 5.24. The first-order chi connectivity index (χ1) is 14.6. The van der Waals surface area contributed by atoms with Crippen LogP contribution in [0.15, 0.2) is 73.3 Å². The van der Waals surface area contributed by atoms with Crippen LogP contribution in [0.3, 0.4) is 0 Å². The van der Waals surface area contributed by atoms with Gasteiger partial charge in [0.25, 0.3) is 0 Å². The Morgan fingerprint density at radius 3 is 2.53 bits per heavy atom. The highest BCUT2D eigenvalue weighted by molar-refractivity contribution is 5.99. The van der Waals surface area contributed by atoms with Crippen LogP contribution in [0, 0.1) is 0 Å². The summed E-state index contributed by atoms with van der Waals surface area (Å²) in [6.07, 6.45) is 7.57. The maximum Gasteiger partial charge on any atom is 0.138 e. The molecule has 0 saturated heterocycles. The molecule has 0 radical (unpaired) electrons. The lowest BCUT2D eigenvalue weighted by Gasteiger charge is -2.05. The van der Waals surface area contributed by atoms with E-state index in [-0.39, 0.29) is 6.04 Å².